The first-order chi connectivity index (χ1) is 15.5. The third-order valence-corrected chi connectivity index (χ3v) is 5.42. The Morgan fingerprint density at radius 1 is 1.03 bits per heavy atom. The zero-order valence-electron chi connectivity index (χ0n) is 20.6. The normalized spacial score (nSPS) is 12.5. The molecule has 0 amide bonds. The van der Waals surface area contributed by atoms with Crippen LogP contribution in [0, 0.1) is 25.7 Å². The molecule has 0 aliphatic carbocycles. The molecule has 4 nitrogen and oxygen atoms in total. The van der Waals surface area contributed by atoms with Gasteiger partial charge in [0.2, 0.25) is 0 Å². The number of nitrogens with zero attached hydrogens (tertiary/aromatic N) is 1. The standard InChI is InChI=1S/C29H33NO3/c1-19-14-16-21(17-15-19)26-24-12-9-8-11-23(24)22(13-10-18-30(6)7)20(2)25(26)27(28(31)32)33-29(3,4)5/h8-9,11-12,14-17,27H,18H2,1-7H3,(H,31,32). The number of benzene rings is 3. The highest BCUT2D eigenvalue weighted by Gasteiger charge is 2.32. The van der Waals surface area contributed by atoms with E-state index in [1.807, 2.05) is 83.9 Å². The van der Waals surface area contributed by atoms with Crippen LogP contribution in [0.15, 0.2) is 48.5 Å². The molecule has 1 atom stereocenters. The van der Waals surface area contributed by atoms with E-state index in [-0.39, 0.29) is 0 Å². The summed E-state index contributed by atoms with van der Waals surface area (Å²) in [4.78, 5) is 14.6. The molecule has 0 aromatic heterocycles. The largest absolute Gasteiger partial charge is 0.479 e. The maximum absolute atomic E-state index is 12.6. The van der Waals surface area contributed by atoms with Crippen molar-refractivity contribution < 1.29 is 14.6 Å². The van der Waals surface area contributed by atoms with Crippen LogP contribution in [0.3, 0.4) is 0 Å². The fourth-order valence-electron chi connectivity index (χ4n) is 3.98. The number of carboxylic acids is 1. The molecular weight excluding hydrogens is 410 g/mol. The van der Waals surface area contributed by atoms with Crippen molar-refractivity contribution in [2.24, 2.45) is 0 Å². The van der Waals surface area contributed by atoms with Crippen LogP contribution in [0.2, 0.25) is 0 Å². The van der Waals surface area contributed by atoms with Crippen molar-refractivity contribution in [3.8, 4) is 23.0 Å². The van der Waals surface area contributed by atoms with Gasteiger partial charge in [-0.2, -0.15) is 0 Å². The van der Waals surface area contributed by atoms with Crippen molar-refractivity contribution in [1.29, 1.82) is 0 Å². The summed E-state index contributed by atoms with van der Waals surface area (Å²) in [6, 6.07) is 16.3. The second-order valence-electron chi connectivity index (χ2n) is 9.69. The van der Waals surface area contributed by atoms with Crippen LogP contribution < -0.4 is 0 Å². The summed E-state index contributed by atoms with van der Waals surface area (Å²) < 4.78 is 6.14. The lowest BCUT2D eigenvalue weighted by atomic mass is 9.84. The molecule has 0 spiro atoms. The molecule has 3 aromatic rings. The first-order valence-electron chi connectivity index (χ1n) is 11.2. The van der Waals surface area contributed by atoms with Gasteiger partial charge in [0.1, 0.15) is 0 Å². The Labute approximate surface area is 197 Å². The quantitative estimate of drug-likeness (QED) is 0.493. The van der Waals surface area contributed by atoms with Gasteiger partial charge in [0, 0.05) is 11.1 Å². The van der Waals surface area contributed by atoms with Crippen LogP contribution in [0.4, 0.5) is 0 Å². The molecule has 0 saturated heterocycles. The molecule has 3 aromatic carbocycles. The van der Waals surface area contributed by atoms with E-state index in [9.17, 15) is 9.90 Å². The van der Waals surface area contributed by atoms with Crippen LogP contribution in [-0.4, -0.2) is 42.2 Å². The summed E-state index contributed by atoms with van der Waals surface area (Å²) in [7, 11) is 3.95. The zero-order chi connectivity index (χ0) is 24.3. The van der Waals surface area contributed by atoms with Gasteiger partial charge >= 0.3 is 5.97 Å². The SMILES string of the molecule is Cc1ccc(-c2c(C(OC(C)(C)C)C(=O)O)c(C)c(C#CCN(C)C)c3ccccc23)cc1. The van der Waals surface area contributed by atoms with Gasteiger partial charge in [-0.1, -0.05) is 65.9 Å². The van der Waals surface area contributed by atoms with E-state index in [1.54, 1.807) is 0 Å². The highest BCUT2D eigenvalue weighted by Crippen LogP contribution is 2.42. The third-order valence-electron chi connectivity index (χ3n) is 5.42. The Morgan fingerprint density at radius 3 is 2.18 bits per heavy atom. The second-order valence-corrected chi connectivity index (χ2v) is 9.69. The monoisotopic (exact) mass is 443 g/mol. The van der Waals surface area contributed by atoms with Gasteiger partial charge in [0.25, 0.3) is 0 Å². The maximum atomic E-state index is 12.6. The number of ether oxygens (including phenoxy) is 1. The van der Waals surface area contributed by atoms with E-state index in [0.717, 1.165) is 38.6 Å². The molecule has 0 aliphatic rings. The molecule has 3 rings (SSSR count). The van der Waals surface area contributed by atoms with Crippen molar-refractivity contribution in [2.75, 3.05) is 20.6 Å². The maximum Gasteiger partial charge on any atom is 0.337 e. The summed E-state index contributed by atoms with van der Waals surface area (Å²) in [6.07, 6.45) is -1.12. The van der Waals surface area contributed by atoms with Crippen LogP contribution in [0.1, 0.15) is 49.1 Å². The first kappa shape index (κ1) is 24.5. The van der Waals surface area contributed by atoms with E-state index in [2.05, 4.69) is 30.0 Å². The lowest BCUT2D eigenvalue weighted by Crippen LogP contribution is -2.28. The van der Waals surface area contributed by atoms with Crippen molar-refractivity contribution >= 4 is 16.7 Å². The van der Waals surface area contributed by atoms with Gasteiger partial charge < -0.3 is 9.84 Å². The van der Waals surface area contributed by atoms with E-state index < -0.39 is 17.7 Å². The number of aliphatic carboxylic acids is 1. The number of hydrogen-bond acceptors (Lipinski definition) is 3. The minimum absolute atomic E-state index is 0.615. The fourth-order valence-corrected chi connectivity index (χ4v) is 3.98. The number of hydrogen-bond donors (Lipinski definition) is 1. The number of carboxylic acid groups (broad SMARTS) is 1. The Kier molecular flexibility index (Phi) is 7.27. The number of carbonyl (C=O) groups is 1. The molecule has 0 radical (unpaired) electrons. The molecular formula is C29H33NO3. The molecule has 172 valence electrons. The highest BCUT2D eigenvalue weighted by molar-refractivity contribution is 6.04. The molecule has 1 N–H and O–H groups in total. The minimum atomic E-state index is -1.12. The molecule has 4 heteroatoms. The lowest BCUT2D eigenvalue weighted by Gasteiger charge is -2.29. The predicted molar refractivity (Wildman–Crippen MR) is 136 cm³/mol. The Bertz CT molecular complexity index is 1220. The van der Waals surface area contributed by atoms with Crippen LogP contribution in [-0.2, 0) is 9.53 Å². The molecule has 0 bridgehead atoms. The fraction of sp³-hybridized carbons (Fsp3) is 0.345. The molecule has 0 saturated carbocycles. The van der Waals surface area contributed by atoms with Crippen LogP contribution in [0.5, 0.6) is 0 Å². The average Bonchev–Trinajstić information content (AvgIpc) is 2.73. The molecule has 33 heavy (non-hydrogen) atoms. The summed E-state index contributed by atoms with van der Waals surface area (Å²) in [5.74, 6) is 5.55. The topological polar surface area (TPSA) is 49.8 Å². The van der Waals surface area contributed by atoms with Gasteiger partial charge in [0.15, 0.2) is 6.10 Å². The Hall–Kier alpha value is -3.13. The molecule has 0 fully saturated rings. The minimum Gasteiger partial charge on any atom is -0.479 e. The van der Waals surface area contributed by atoms with Crippen LogP contribution in [0.25, 0.3) is 21.9 Å². The van der Waals surface area contributed by atoms with E-state index in [0.29, 0.717) is 12.1 Å². The van der Waals surface area contributed by atoms with Crippen molar-refractivity contribution in [3.05, 3.63) is 70.8 Å². The Balaban J connectivity index is 2.45. The van der Waals surface area contributed by atoms with Crippen LogP contribution >= 0.6 is 0 Å². The molecule has 0 aliphatic heterocycles. The van der Waals surface area contributed by atoms with Crippen molar-refractivity contribution in [3.63, 3.8) is 0 Å². The third kappa shape index (κ3) is 5.63. The van der Waals surface area contributed by atoms with Gasteiger partial charge in [-0.25, -0.2) is 4.79 Å². The average molecular weight is 444 g/mol. The number of rotatable bonds is 5. The van der Waals surface area contributed by atoms with E-state index in [1.165, 1.54) is 0 Å². The smallest absolute Gasteiger partial charge is 0.337 e. The second kappa shape index (κ2) is 9.79. The zero-order valence-corrected chi connectivity index (χ0v) is 20.6. The highest BCUT2D eigenvalue weighted by atomic mass is 16.5. The lowest BCUT2D eigenvalue weighted by molar-refractivity contribution is -0.160. The van der Waals surface area contributed by atoms with Gasteiger partial charge in [0.05, 0.1) is 12.1 Å². The van der Waals surface area contributed by atoms with Gasteiger partial charge in [-0.05, 0) is 76.2 Å². The summed E-state index contributed by atoms with van der Waals surface area (Å²) in [5.41, 5.74) is 4.71. The van der Waals surface area contributed by atoms with Crippen molar-refractivity contribution in [1.82, 2.24) is 4.90 Å². The Morgan fingerprint density at radius 2 is 1.64 bits per heavy atom. The number of fused-ring (bicyclic) bond motifs is 1. The summed E-state index contributed by atoms with van der Waals surface area (Å²) in [6.45, 7) is 10.2. The summed E-state index contributed by atoms with van der Waals surface area (Å²) in [5, 5.41) is 12.3. The number of aryl methyl sites for hydroxylation is 1. The predicted octanol–water partition coefficient (Wildman–Crippen LogP) is 5.98. The molecule has 0 heterocycles. The van der Waals surface area contributed by atoms with E-state index >= 15 is 0 Å². The first-order valence-corrected chi connectivity index (χ1v) is 11.2. The van der Waals surface area contributed by atoms with Gasteiger partial charge in [-0.15, -0.1) is 0 Å². The van der Waals surface area contributed by atoms with Crippen molar-refractivity contribution in [2.45, 2.75) is 46.3 Å². The molecule has 1 unspecified atom stereocenters. The summed E-state index contributed by atoms with van der Waals surface area (Å²) >= 11 is 0. The van der Waals surface area contributed by atoms with E-state index in [4.69, 9.17) is 4.74 Å². The van der Waals surface area contributed by atoms with Gasteiger partial charge in [-0.3, -0.25) is 4.90 Å².